The largest absolute Gasteiger partial charge is 0.502 e. The fraction of sp³-hybridized carbons (Fsp3) is 0.812. The van der Waals surface area contributed by atoms with Gasteiger partial charge in [0, 0.05) is 17.7 Å². The maximum absolute atomic E-state index is 11.4. The predicted molar refractivity (Wildman–Crippen MR) is 87.5 cm³/mol. The molecule has 0 aromatic carbocycles. The molecule has 1 fully saturated rings. The van der Waals surface area contributed by atoms with E-state index in [1.807, 2.05) is 41.5 Å². The van der Waals surface area contributed by atoms with Gasteiger partial charge in [-0.25, -0.2) is 4.79 Å². The smallest absolute Gasteiger partial charge is 0.462 e. The molecule has 0 radical (unpaired) electrons. The zero-order chi connectivity index (χ0) is 17.2. The lowest BCUT2D eigenvalue weighted by atomic mass is 9.90. The number of esters is 1. The summed E-state index contributed by atoms with van der Waals surface area (Å²) in [4.78, 5) is 11.4. The molecule has 1 heterocycles. The molecule has 128 valence electrons. The molecule has 0 amide bonds. The molecule has 0 bridgehead atoms. The SMILES string of the molecule is C=C(C)C(=O)OCCC[Si]1(OC(C)C)OC(C)(C)C(C)(C)O1. The summed E-state index contributed by atoms with van der Waals surface area (Å²) in [5.74, 6) is -0.366. The van der Waals surface area contributed by atoms with Gasteiger partial charge in [0.2, 0.25) is 0 Å². The molecule has 6 heteroatoms. The van der Waals surface area contributed by atoms with Gasteiger partial charge in [0.15, 0.2) is 0 Å². The topological polar surface area (TPSA) is 54.0 Å². The molecule has 1 saturated heterocycles. The highest BCUT2D eigenvalue weighted by Gasteiger charge is 2.61. The molecule has 0 spiro atoms. The van der Waals surface area contributed by atoms with Gasteiger partial charge in [-0.1, -0.05) is 6.58 Å². The van der Waals surface area contributed by atoms with Crippen LogP contribution in [0, 0.1) is 0 Å². The van der Waals surface area contributed by atoms with E-state index in [2.05, 4.69) is 6.58 Å². The number of hydrogen-bond donors (Lipinski definition) is 0. The summed E-state index contributed by atoms with van der Waals surface area (Å²) in [6.45, 7) is 17.5. The lowest BCUT2D eigenvalue weighted by molar-refractivity contribution is -0.139. The van der Waals surface area contributed by atoms with E-state index in [-0.39, 0.29) is 12.1 Å². The van der Waals surface area contributed by atoms with Crippen molar-refractivity contribution in [2.75, 3.05) is 6.61 Å². The van der Waals surface area contributed by atoms with Crippen molar-refractivity contribution < 1.29 is 22.8 Å². The lowest BCUT2D eigenvalue weighted by Crippen LogP contribution is -2.45. The van der Waals surface area contributed by atoms with Crippen molar-refractivity contribution in [1.29, 1.82) is 0 Å². The summed E-state index contributed by atoms with van der Waals surface area (Å²) in [5.41, 5.74) is -0.425. The van der Waals surface area contributed by atoms with E-state index in [1.165, 1.54) is 0 Å². The predicted octanol–water partition coefficient (Wildman–Crippen LogP) is 3.46. The van der Waals surface area contributed by atoms with E-state index in [4.69, 9.17) is 18.0 Å². The second-order valence-electron chi connectivity index (χ2n) is 7.09. The van der Waals surface area contributed by atoms with E-state index in [0.717, 1.165) is 0 Å². The van der Waals surface area contributed by atoms with Crippen molar-refractivity contribution in [3.63, 3.8) is 0 Å². The Morgan fingerprint density at radius 3 is 2.09 bits per heavy atom. The summed E-state index contributed by atoms with van der Waals surface area (Å²) in [5, 5.41) is 0. The van der Waals surface area contributed by atoms with E-state index in [9.17, 15) is 4.79 Å². The van der Waals surface area contributed by atoms with Crippen LogP contribution in [0.2, 0.25) is 6.04 Å². The summed E-state index contributed by atoms with van der Waals surface area (Å²) < 4.78 is 23.7. The van der Waals surface area contributed by atoms with Crippen LogP contribution in [0.25, 0.3) is 0 Å². The Balaban J connectivity index is 2.67. The molecule has 0 unspecified atom stereocenters. The van der Waals surface area contributed by atoms with E-state index < -0.39 is 20.0 Å². The molecule has 0 aromatic rings. The third-order valence-corrected chi connectivity index (χ3v) is 7.33. The molecule has 0 aromatic heterocycles. The van der Waals surface area contributed by atoms with Crippen molar-refractivity contribution in [3.05, 3.63) is 12.2 Å². The highest BCUT2D eigenvalue weighted by atomic mass is 28.4. The maximum atomic E-state index is 11.4. The number of carbonyl (C=O) groups is 1. The van der Waals surface area contributed by atoms with Crippen LogP contribution in [0.3, 0.4) is 0 Å². The summed E-state index contributed by atoms with van der Waals surface area (Å²) >= 11 is 0. The summed E-state index contributed by atoms with van der Waals surface area (Å²) in [6, 6.07) is 0.626. The molecular weight excluding hydrogens is 300 g/mol. The highest BCUT2D eigenvalue weighted by Crippen LogP contribution is 2.44. The van der Waals surface area contributed by atoms with Gasteiger partial charge in [-0.15, -0.1) is 0 Å². The Hall–Kier alpha value is -0.693. The number of hydrogen-bond acceptors (Lipinski definition) is 5. The standard InChI is InChI=1S/C16H30O5Si/c1-12(2)14(17)18-10-9-11-22(19-13(3)4)20-15(5,6)16(7,8)21-22/h13H,1,9-11H2,2-8H3. The van der Waals surface area contributed by atoms with E-state index >= 15 is 0 Å². The summed E-state index contributed by atoms with van der Waals surface area (Å²) in [6.07, 6.45) is 0.666. The molecule has 22 heavy (non-hydrogen) atoms. The second kappa shape index (κ2) is 6.82. The highest BCUT2D eigenvalue weighted by molar-refractivity contribution is 6.61. The molecule has 1 aliphatic heterocycles. The minimum absolute atomic E-state index is 0.0225. The second-order valence-corrected chi connectivity index (χ2v) is 9.60. The van der Waals surface area contributed by atoms with Crippen LogP contribution < -0.4 is 0 Å². The minimum Gasteiger partial charge on any atom is -0.462 e. The average Bonchev–Trinajstić information content (AvgIpc) is 2.48. The lowest BCUT2D eigenvalue weighted by Gasteiger charge is -2.31. The Labute approximate surface area is 135 Å². The first-order valence-corrected chi connectivity index (χ1v) is 9.75. The number of ether oxygens (including phenoxy) is 1. The third-order valence-electron chi connectivity index (χ3n) is 3.90. The Morgan fingerprint density at radius 2 is 1.68 bits per heavy atom. The Morgan fingerprint density at radius 1 is 1.18 bits per heavy atom. The van der Waals surface area contributed by atoms with Crippen LogP contribution in [0.1, 0.15) is 54.9 Å². The zero-order valence-corrected chi connectivity index (χ0v) is 15.9. The van der Waals surface area contributed by atoms with Crippen molar-refractivity contribution in [2.24, 2.45) is 0 Å². The van der Waals surface area contributed by atoms with Gasteiger partial charge in [-0.05, 0) is 54.9 Å². The quantitative estimate of drug-likeness (QED) is 0.310. The van der Waals surface area contributed by atoms with Crippen LogP contribution >= 0.6 is 0 Å². The van der Waals surface area contributed by atoms with Gasteiger partial charge in [-0.3, -0.25) is 0 Å². The van der Waals surface area contributed by atoms with Gasteiger partial charge < -0.3 is 18.0 Å². The first-order valence-electron chi connectivity index (χ1n) is 7.82. The van der Waals surface area contributed by atoms with Gasteiger partial charge in [0.05, 0.1) is 17.8 Å². The van der Waals surface area contributed by atoms with Gasteiger partial charge in [-0.2, -0.15) is 0 Å². The van der Waals surface area contributed by atoms with Crippen LogP contribution in [0.5, 0.6) is 0 Å². The Bertz CT molecular complexity index is 412. The molecule has 0 N–H and O–H groups in total. The van der Waals surface area contributed by atoms with Gasteiger partial charge in [0.25, 0.3) is 0 Å². The third kappa shape index (κ3) is 4.65. The van der Waals surface area contributed by atoms with Gasteiger partial charge >= 0.3 is 14.8 Å². The van der Waals surface area contributed by atoms with E-state index in [0.29, 0.717) is 24.6 Å². The normalized spacial score (nSPS) is 21.8. The van der Waals surface area contributed by atoms with Crippen LogP contribution in [-0.4, -0.2) is 38.7 Å². The van der Waals surface area contributed by atoms with Gasteiger partial charge in [0.1, 0.15) is 0 Å². The fourth-order valence-corrected chi connectivity index (χ4v) is 5.99. The molecule has 0 saturated carbocycles. The number of carbonyl (C=O) groups excluding carboxylic acids is 1. The maximum Gasteiger partial charge on any atom is 0.502 e. The average molecular weight is 330 g/mol. The molecule has 0 atom stereocenters. The molecule has 0 aliphatic carbocycles. The first kappa shape index (κ1) is 19.4. The minimum atomic E-state index is -2.78. The zero-order valence-electron chi connectivity index (χ0n) is 14.9. The fourth-order valence-electron chi connectivity index (χ4n) is 2.19. The van der Waals surface area contributed by atoms with Crippen molar-refractivity contribution in [3.8, 4) is 0 Å². The van der Waals surface area contributed by atoms with Crippen molar-refractivity contribution >= 4 is 14.8 Å². The first-order chi connectivity index (χ1) is 9.91. The molecule has 1 aliphatic rings. The molecule has 1 rings (SSSR count). The Kier molecular flexibility index (Phi) is 6.00. The van der Waals surface area contributed by atoms with E-state index in [1.54, 1.807) is 6.92 Å². The number of rotatable bonds is 7. The monoisotopic (exact) mass is 330 g/mol. The van der Waals surface area contributed by atoms with Crippen LogP contribution in [0.4, 0.5) is 0 Å². The molecule has 5 nitrogen and oxygen atoms in total. The van der Waals surface area contributed by atoms with Crippen LogP contribution in [0.15, 0.2) is 12.2 Å². The summed E-state index contributed by atoms with van der Waals surface area (Å²) in [7, 11) is -2.78. The van der Waals surface area contributed by atoms with Crippen molar-refractivity contribution in [1.82, 2.24) is 0 Å². The van der Waals surface area contributed by atoms with Crippen molar-refractivity contribution in [2.45, 2.75) is 78.2 Å². The molecular formula is C16H30O5Si. The van der Waals surface area contributed by atoms with Crippen LogP contribution in [-0.2, 0) is 22.8 Å².